The highest BCUT2D eigenvalue weighted by Gasteiger charge is 2.15. The lowest BCUT2D eigenvalue weighted by atomic mass is 10.1. The van der Waals surface area contributed by atoms with E-state index in [2.05, 4.69) is 10.2 Å². The van der Waals surface area contributed by atoms with E-state index >= 15 is 0 Å². The lowest BCUT2D eigenvalue weighted by molar-refractivity contribution is 0.0527. The van der Waals surface area contributed by atoms with Gasteiger partial charge in [0.25, 0.3) is 0 Å². The fraction of sp³-hybridized carbons (Fsp3) is 0.167. The van der Waals surface area contributed by atoms with Crippen LogP contribution in [0.1, 0.15) is 17.3 Å². The highest BCUT2D eigenvalue weighted by molar-refractivity contribution is 6.30. The molecule has 0 saturated carbocycles. The number of hydrogen-bond donors (Lipinski definition) is 1. The van der Waals surface area contributed by atoms with E-state index in [0.29, 0.717) is 22.9 Å². The van der Waals surface area contributed by atoms with Crippen LogP contribution in [0.2, 0.25) is 5.02 Å². The van der Waals surface area contributed by atoms with Crippen LogP contribution in [0.4, 0.5) is 0 Å². The van der Waals surface area contributed by atoms with E-state index in [1.807, 2.05) is 12.1 Å². The van der Waals surface area contributed by atoms with Crippen molar-refractivity contribution in [2.45, 2.75) is 6.92 Å². The maximum absolute atomic E-state index is 11.7. The molecule has 1 heterocycles. The maximum Gasteiger partial charge on any atom is 0.341 e. The first-order chi connectivity index (χ1) is 8.22. The van der Waals surface area contributed by atoms with E-state index in [1.165, 1.54) is 6.20 Å². The Hall–Kier alpha value is -1.81. The van der Waals surface area contributed by atoms with Gasteiger partial charge in [0.1, 0.15) is 5.56 Å². The van der Waals surface area contributed by atoms with Crippen molar-refractivity contribution in [2.24, 2.45) is 0 Å². The predicted octanol–water partition coefficient (Wildman–Crippen LogP) is 2.91. The summed E-state index contributed by atoms with van der Waals surface area (Å²) in [7, 11) is 0. The van der Waals surface area contributed by atoms with E-state index in [0.717, 1.165) is 5.56 Å². The molecule has 2 rings (SSSR count). The zero-order valence-corrected chi connectivity index (χ0v) is 9.99. The molecule has 0 saturated heterocycles. The summed E-state index contributed by atoms with van der Waals surface area (Å²) in [5.41, 5.74) is 1.91. The minimum atomic E-state index is -0.383. The highest BCUT2D eigenvalue weighted by Crippen LogP contribution is 2.23. The van der Waals surface area contributed by atoms with Crippen LogP contribution in [-0.4, -0.2) is 22.8 Å². The smallest absolute Gasteiger partial charge is 0.341 e. The number of nitrogens with one attached hydrogen (secondary N) is 1. The topological polar surface area (TPSA) is 55.0 Å². The van der Waals surface area contributed by atoms with Crippen LogP contribution in [0, 0.1) is 0 Å². The molecule has 0 spiro atoms. The second-order valence-electron chi connectivity index (χ2n) is 3.39. The van der Waals surface area contributed by atoms with Crippen LogP contribution < -0.4 is 0 Å². The summed E-state index contributed by atoms with van der Waals surface area (Å²) in [5.74, 6) is -0.383. The molecule has 1 N–H and O–H groups in total. The van der Waals surface area contributed by atoms with Crippen molar-refractivity contribution < 1.29 is 9.53 Å². The van der Waals surface area contributed by atoms with Gasteiger partial charge in [-0.15, -0.1) is 0 Å². The number of nitrogens with zero attached hydrogens (tertiary/aromatic N) is 1. The number of carbonyl (C=O) groups excluding carboxylic acids is 1. The number of aromatic amines is 1. The lowest BCUT2D eigenvalue weighted by Gasteiger charge is -2.03. The summed E-state index contributed by atoms with van der Waals surface area (Å²) in [6.45, 7) is 2.10. The van der Waals surface area contributed by atoms with Gasteiger partial charge in [0, 0.05) is 10.6 Å². The van der Waals surface area contributed by atoms with Gasteiger partial charge in [-0.3, -0.25) is 5.10 Å². The predicted molar refractivity (Wildman–Crippen MR) is 65.0 cm³/mol. The van der Waals surface area contributed by atoms with Crippen molar-refractivity contribution in [2.75, 3.05) is 6.61 Å². The third kappa shape index (κ3) is 2.47. The number of ether oxygens (including phenoxy) is 1. The first-order valence-electron chi connectivity index (χ1n) is 5.18. The van der Waals surface area contributed by atoms with Crippen LogP contribution >= 0.6 is 11.6 Å². The third-order valence-electron chi connectivity index (χ3n) is 2.27. The molecule has 0 atom stereocenters. The summed E-state index contributed by atoms with van der Waals surface area (Å²) in [4.78, 5) is 11.7. The maximum atomic E-state index is 11.7. The van der Waals surface area contributed by atoms with Crippen molar-refractivity contribution in [1.82, 2.24) is 10.2 Å². The SMILES string of the molecule is CCOC(=O)c1cn[nH]c1-c1ccc(Cl)cc1. The van der Waals surface area contributed by atoms with Gasteiger partial charge in [0.2, 0.25) is 0 Å². The second kappa shape index (κ2) is 5.01. The number of hydrogen-bond acceptors (Lipinski definition) is 3. The van der Waals surface area contributed by atoms with Gasteiger partial charge >= 0.3 is 5.97 Å². The molecule has 0 amide bonds. The molecular weight excluding hydrogens is 240 g/mol. The molecule has 4 nitrogen and oxygen atoms in total. The average molecular weight is 251 g/mol. The van der Waals surface area contributed by atoms with Gasteiger partial charge in [0.05, 0.1) is 18.5 Å². The molecular formula is C12H11ClN2O2. The normalized spacial score (nSPS) is 10.2. The quantitative estimate of drug-likeness (QED) is 0.852. The van der Waals surface area contributed by atoms with Crippen LogP contribution in [0.15, 0.2) is 30.5 Å². The van der Waals surface area contributed by atoms with E-state index in [-0.39, 0.29) is 5.97 Å². The molecule has 5 heteroatoms. The molecule has 17 heavy (non-hydrogen) atoms. The van der Waals surface area contributed by atoms with Gasteiger partial charge in [0.15, 0.2) is 0 Å². The zero-order valence-electron chi connectivity index (χ0n) is 9.24. The molecule has 0 unspecified atom stereocenters. The molecule has 0 aliphatic carbocycles. The van der Waals surface area contributed by atoms with Crippen molar-refractivity contribution in [3.05, 3.63) is 41.0 Å². The number of esters is 1. The van der Waals surface area contributed by atoms with Crippen LogP contribution in [0.5, 0.6) is 0 Å². The van der Waals surface area contributed by atoms with Gasteiger partial charge in [-0.05, 0) is 19.1 Å². The Kier molecular flexibility index (Phi) is 3.44. The summed E-state index contributed by atoms with van der Waals surface area (Å²) in [5, 5.41) is 7.30. The Balaban J connectivity index is 2.36. The third-order valence-corrected chi connectivity index (χ3v) is 2.52. The number of H-pyrrole nitrogens is 1. The molecule has 0 fully saturated rings. The van der Waals surface area contributed by atoms with Crippen molar-refractivity contribution in [1.29, 1.82) is 0 Å². The van der Waals surface area contributed by atoms with E-state index < -0.39 is 0 Å². The van der Waals surface area contributed by atoms with Gasteiger partial charge in [-0.2, -0.15) is 5.10 Å². The Bertz CT molecular complexity index is 520. The molecule has 1 aromatic heterocycles. The lowest BCUT2D eigenvalue weighted by Crippen LogP contribution is -2.04. The molecule has 0 bridgehead atoms. The van der Waals surface area contributed by atoms with Crippen molar-refractivity contribution in [3.8, 4) is 11.3 Å². The number of carbonyl (C=O) groups is 1. The van der Waals surface area contributed by atoms with Gasteiger partial charge < -0.3 is 4.74 Å². The van der Waals surface area contributed by atoms with Crippen LogP contribution in [0.25, 0.3) is 11.3 Å². The molecule has 0 radical (unpaired) electrons. The number of aromatic nitrogens is 2. The average Bonchev–Trinajstić information content (AvgIpc) is 2.79. The minimum absolute atomic E-state index is 0.337. The fourth-order valence-corrected chi connectivity index (χ4v) is 1.61. The zero-order chi connectivity index (χ0) is 12.3. The second-order valence-corrected chi connectivity index (χ2v) is 3.82. The molecule has 2 aromatic rings. The summed E-state index contributed by atoms with van der Waals surface area (Å²) < 4.78 is 4.95. The Morgan fingerprint density at radius 1 is 1.41 bits per heavy atom. The molecule has 0 aliphatic heterocycles. The van der Waals surface area contributed by atoms with E-state index in [9.17, 15) is 4.79 Å². The summed E-state index contributed by atoms with van der Waals surface area (Å²) in [6, 6.07) is 7.15. The standard InChI is InChI=1S/C12H11ClN2O2/c1-2-17-12(16)10-7-14-15-11(10)8-3-5-9(13)6-4-8/h3-7H,2H2,1H3,(H,14,15). The number of benzene rings is 1. The Morgan fingerprint density at radius 2 is 2.12 bits per heavy atom. The first-order valence-corrected chi connectivity index (χ1v) is 5.56. The number of rotatable bonds is 3. The summed E-state index contributed by atoms with van der Waals surface area (Å²) >= 11 is 5.81. The number of halogens is 1. The van der Waals surface area contributed by atoms with Crippen LogP contribution in [-0.2, 0) is 4.74 Å². The van der Waals surface area contributed by atoms with E-state index in [1.54, 1.807) is 19.1 Å². The first kappa shape index (κ1) is 11.7. The minimum Gasteiger partial charge on any atom is -0.462 e. The molecule has 0 aliphatic rings. The highest BCUT2D eigenvalue weighted by atomic mass is 35.5. The largest absolute Gasteiger partial charge is 0.462 e. The van der Waals surface area contributed by atoms with Crippen molar-refractivity contribution >= 4 is 17.6 Å². The van der Waals surface area contributed by atoms with Gasteiger partial charge in [-0.25, -0.2) is 4.79 Å². The van der Waals surface area contributed by atoms with Crippen LogP contribution in [0.3, 0.4) is 0 Å². The summed E-state index contributed by atoms with van der Waals surface area (Å²) in [6.07, 6.45) is 1.46. The fourth-order valence-electron chi connectivity index (χ4n) is 1.49. The molecule has 88 valence electrons. The van der Waals surface area contributed by atoms with E-state index in [4.69, 9.17) is 16.3 Å². The van der Waals surface area contributed by atoms with Crippen molar-refractivity contribution in [3.63, 3.8) is 0 Å². The van der Waals surface area contributed by atoms with Gasteiger partial charge in [-0.1, -0.05) is 23.7 Å². The monoisotopic (exact) mass is 250 g/mol. The molecule has 1 aromatic carbocycles. The Labute approximate surface area is 104 Å². The Morgan fingerprint density at radius 3 is 2.76 bits per heavy atom.